The molecule has 27 heavy (non-hydrogen) atoms. The monoisotopic (exact) mass is 371 g/mol. The minimum atomic E-state index is 0.0393. The Labute approximate surface area is 163 Å². The number of anilines is 1. The number of rotatable bonds is 8. The van der Waals surface area contributed by atoms with Gasteiger partial charge in [-0.05, 0) is 52.0 Å². The fourth-order valence-electron chi connectivity index (χ4n) is 4.12. The molecular weight excluding hydrogens is 338 g/mol. The van der Waals surface area contributed by atoms with Crippen molar-refractivity contribution in [2.24, 2.45) is 0 Å². The van der Waals surface area contributed by atoms with E-state index in [0.29, 0.717) is 31.1 Å². The molecule has 2 atom stereocenters. The summed E-state index contributed by atoms with van der Waals surface area (Å²) in [6.45, 7) is 9.45. The first-order valence-electron chi connectivity index (χ1n) is 10.3. The third kappa shape index (κ3) is 5.06. The van der Waals surface area contributed by atoms with Gasteiger partial charge in [-0.3, -0.25) is 9.69 Å². The van der Waals surface area contributed by atoms with Crippen LogP contribution in [0, 0.1) is 0 Å². The fourth-order valence-corrected chi connectivity index (χ4v) is 4.12. The highest BCUT2D eigenvalue weighted by Gasteiger charge is 2.41. The predicted octanol–water partition coefficient (Wildman–Crippen LogP) is 2.55. The molecule has 0 aromatic carbocycles. The smallest absolute Gasteiger partial charge is 0.225 e. The van der Waals surface area contributed by atoms with Crippen molar-refractivity contribution in [2.75, 3.05) is 24.5 Å². The molecular formula is C21H33N5O. The lowest BCUT2D eigenvalue weighted by Gasteiger charge is -2.42. The van der Waals surface area contributed by atoms with Crippen molar-refractivity contribution < 1.29 is 4.79 Å². The van der Waals surface area contributed by atoms with Gasteiger partial charge in [0.2, 0.25) is 11.9 Å². The largest absolute Gasteiger partial charge is 0.356 e. The van der Waals surface area contributed by atoms with Crippen molar-refractivity contribution in [1.29, 1.82) is 0 Å². The average Bonchev–Trinajstić information content (AvgIpc) is 2.91. The third-order valence-electron chi connectivity index (χ3n) is 5.63. The van der Waals surface area contributed by atoms with E-state index >= 15 is 0 Å². The summed E-state index contributed by atoms with van der Waals surface area (Å²) >= 11 is 0. The molecule has 1 aromatic rings. The van der Waals surface area contributed by atoms with Crippen LogP contribution in [0.4, 0.5) is 5.95 Å². The molecule has 1 N–H and O–H groups in total. The van der Waals surface area contributed by atoms with Crippen LogP contribution in [-0.2, 0) is 11.2 Å². The number of hydrogen-bond acceptors (Lipinski definition) is 5. The maximum atomic E-state index is 12.0. The topological polar surface area (TPSA) is 61.4 Å². The summed E-state index contributed by atoms with van der Waals surface area (Å²) < 4.78 is 0. The van der Waals surface area contributed by atoms with Crippen molar-refractivity contribution in [1.82, 2.24) is 20.2 Å². The van der Waals surface area contributed by atoms with Crippen LogP contribution in [0.15, 0.2) is 24.5 Å². The number of amides is 1. The molecule has 2 saturated heterocycles. The van der Waals surface area contributed by atoms with Crippen molar-refractivity contribution >= 4 is 11.9 Å². The van der Waals surface area contributed by atoms with E-state index in [0.717, 1.165) is 37.4 Å². The average molecular weight is 372 g/mol. The molecule has 2 bridgehead atoms. The van der Waals surface area contributed by atoms with Crippen molar-refractivity contribution in [3.8, 4) is 0 Å². The van der Waals surface area contributed by atoms with Crippen LogP contribution < -0.4 is 10.2 Å². The number of carbonyl (C=O) groups excluding carboxylic acids is 1. The second-order valence-electron chi connectivity index (χ2n) is 7.97. The lowest BCUT2D eigenvalue weighted by atomic mass is 10.1. The van der Waals surface area contributed by atoms with E-state index in [4.69, 9.17) is 0 Å². The molecule has 0 aliphatic carbocycles. The summed E-state index contributed by atoms with van der Waals surface area (Å²) in [4.78, 5) is 26.2. The van der Waals surface area contributed by atoms with Crippen LogP contribution in [0.2, 0.25) is 0 Å². The maximum Gasteiger partial charge on any atom is 0.225 e. The van der Waals surface area contributed by atoms with Gasteiger partial charge in [-0.15, -0.1) is 0 Å². The second kappa shape index (κ2) is 9.31. The van der Waals surface area contributed by atoms with Gasteiger partial charge in [0, 0.05) is 50.2 Å². The summed E-state index contributed by atoms with van der Waals surface area (Å²) in [7, 11) is 0. The molecule has 3 rings (SSSR count). The number of aromatic nitrogens is 2. The highest BCUT2D eigenvalue weighted by molar-refractivity contribution is 5.78. The Hall–Kier alpha value is -1.95. The van der Waals surface area contributed by atoms with E-state index in [1.165, 1.54) is 12.8 Å². The van der Waals surface area contributed by atoms with Crippen molar-refractivity contribution in [2.45, 2.75) is 71.0 Å². The van der Waals surface area contributed by atoms with Crippen LogP contribution >= 0.6 is 0 Å². The Bertz CT molecular complexity index is 628. The van der Waals surface area contributed by atoms with Gasteiger partial charge in [0.25, 0.3) is 0 Å². The summed E-state index contributed by atoms with van der Waals surface area (Å²) in [5.41, 5.74) is 0.873. The molecule has 3 heterocycles. The molecule has 1 aromatic heterocycles. The molecule has 6 heteroatoms. The number of carbonyl (C=O) groups is 1. The van der Waals surface area contributed by atoms with Crippen LogP contribution in [0.25, 0.3) is 0 Å². The Morgan fingerprint density at radius 3 is 2.52 bits per heavy atom. The van der Waals surface area contributed by atoms with Crippen LogP contribution in [0.3, 0.4) is 0 Å². The van der Waals surface area contributed by atoms with Gasteiger partial charge in [-0.25, -0.2) is 9.97 Å². The molecule has 1 amide bonds. The molecule has 2 aliphatic rings. The number of hydrogen-bond donors (Lipinski definition) is 1. The van der Waals surface area contributed by atoms with Gasteiger partial charge >= 0.3 is 0 Å². The standard InChI is InChI=1S/C21H33N5O/c1-4-5-6-7-10-22-20(27)11-17-12-23-21(24-13-17)26-18-8-9-19(26)15-25(14-18)16(2)3/h4-5,12-13,16,18-19H,6-11,14-15H2,1-3H3,(H,22,27). The number of unbranched alkanes of at least 4 members (excludes halogenated alkanes) is 1. The zero-order valence-electron chi connectivity index (χ0n) is 16.9. The molecule has 2 unspecified atom stereocenters. The number of nitrogens with one attached hydrogen (secondary N) is 1. The normalized spacial score (nSPS) is 22.7. The Morgan fingerprint density at radius 1 is 1.26 bits per heavy atom. The Kier molecular flexibility index (Phi) is 6.83. The SMILES string of the molecule is CC=CCCCNC(=O)Cc1cnc(N2C3CCC2CN(C(C)C)C3)nc1. The number of nitrogens with zero attached hydrogens (tertiary/aromatic N) is 4. The maximum absolute atomic E-state index is 12.0. The molecule has 0 saturated carbocycles. The van der Waals surface area contributed by atoms with E-state index in [1.807, 2.05) is 25.4 Å². The number of piperazine rings is 1. The molecule has 0 spiro atoms. The minimum Gasteiger partial charge on any atom is -0.356 e. The van der Waals surface area contributed by atoms with Crippen LogP contribution in [0.1, 0.15) is 52.0 Å². The summed E-state index contributed by atoms with van der Waals surface area (Å²) in [6, 6.07) is 1.62. The molecule has 2 aliphatic heterocycles. The van der Waals surface area contributed by atoms with E-state index in [9.17, 15) is 4.79 Å². The minimum absolute atomic E-state index is 0.0393. The molecule has 2 fully saturated rings. The number of allylic oxidation sites excluding steroid dienone is 2. The Balaban J connectivity index is 1.51. The van der Waals surface area contributed by atoms with Gasteiger partial charge in [0.05, 0.1) is 6.42 Å². The third-order valence-corrected chi connectivity index (χ3v) is 5.63. The Morgan fingerprint density at radius 2 is 1.93 bits per heavy atom. The summed E-state index contributed by atoms with van der Waals surface area (Å²) in [5.74, 6) is 0.860. The highest BCUT2D eigenvalue weighted by Crippen LogP contribution is 2.33. The van der Waals surface area contributed by atoms with Crippen LogP contribution in [-0.4, -0.2) is 58.5 Å². The molecule has 148 valence electrons. The first-order chi connectivity index (χ1) is 13.1. The first-order valence-corrected chi connectivity index (χ1v) is 10.3. The lowest BCUT2D eigenvalue weighted by Crippen LogP contribution is -2.56. The predicted molar refractivity (Wildman–Crippen MR) is 109 cm³/mol. The molecule has 0 radical (unpaired) electrons. The molecule has 6 nitrogen and oxygen atoms in total. The fraction of sp³-hybridized carbons (Fsp3) is 0.667. The summed E-state index contributed by atoms with van der Waals surface area (Å²) in [5, 5.41) is 2.96. The summed E-state index contributed by atoms with van der Waals surface area (Å²) in [6.07, 6.45) is 12.5. The van der Waals surface area contributed by atoms with Crippen molar-refractivity contribution in [3.05, 3.63) is 30.1 Å². The quantitative estimate of drug-likeness (QED) is 0.562. The second-order valence-corrected chi connectivity index (χ2v) is 7.97. The highest BCUT2D eigenvalue weighted by atomic mass is 16.1. The van der Waals surface area contributed by atoms with Crippen molar-refractivity contribution in [3.63, 3.8) is 0 Å². The van der Waals surface area contributed by atoms with E-state index in [2.05, 4.69) is 45.0 Å². The van der Waals surface area contributed by atoms with Crippen LogP contribution in [0.5, 0.6) is 0 Å². The van der Waals surface area contributed by atoms with Gasteiger partial charge in [0.15, 0.2) is 0 Å². The van der Waals surface area contributed by atoms with E-state index in [-0.39, 0.29) is 5.91 Å². The number of likely N-dealkylation sites (tertiary alicyclic amines) is 1. The van der Waals surface area contributed by atoms with E-state index in [1.54, 1.807) is 0 Å². The zero-order chi connectivity index (χ0) is 19.2. The lowest BCUT2D eigenvalue weighted by molar-refractivity contribution is -0.120. The van der Waals surface area contributed by atoms with Gasteiger partial charge < -0.3 is 10.2 Å². The number of fused-ring (bicyclic) bond motifs is 2. The first kappa shape index (κ1) is 19.8. The van der Waals surface area contributed by atoms with Gasteiger partial charge in [-0.2, -0.15) is 0 Å². The van der Waals surface area contributed by atoms with Gasteiger partial charge in [0.1, 0.15) is 0 Å². The van der Waals surface area contributed by atoms with E-state index < -0.39 is 0 Å². The van der Waals surface area contributed by atoms with Gasteiger partial charge in [-0.1, -0.05) is 12.2 Å². The zero-order valence-corrected chi connectivity index (χ0v) is 16.9.